The first kappa shape index (κ1) is 11.2. The van der Waals surface area contributed by atoms with Gasteiger partial charge in [-0.15, -0.1) is 0 Å². The Labute approximate surface area is 88.1 Å². The number of amides is 1. The molecule has 0 aliphatic heterocycles. The number of rotatable bonds is 3. The molecule has 0 bridgehead atoms. The number of hydrogen-bond acceptors (Lipinski definition) is 4. The summed E-state index contributed by atoms with van der Waals surface area (Å²) in [5.41, 5.74) is -1.20. The molecule has 1 rings (SSSR count). The molecule has 0 radical (unpaired) electrons. The first-order valence-electron chi connectivity index (χ1n) is 3.76. The molecule has 0 aliphatic rings. The van der Waals surface area contributed by atoms with E-state index in [0.29, 0.717) is 0 Å². The molecule has 7 nitrogen and oxygen atoms in total. The van der Waals surface area contributed by atoms with Crippen LogP contribution < -0.4 is 10.9 Å². The first-order valence-corrected chi connectivity index (χ1v) is 4.13. The number of hydrogen-bond donors (Lipinski definition) is 3. The van der Waals surface area contributed by atoms with Gasteiger partial charge in [0.05, 0.1) is 0 Å². The minimum Gasteiger partial charge on any atom is -0.480 e. The Morgan fingerprint density at radius 2 is 2.27 bits per heavy atom. The standard InChI is InChI=1S/C7H6ClN3O4/c8-3-1-9-6(14)5(11-3)7(15)10-2-4(12)13/h1H,2H2,(H,9,14)(H,10,15)(H,12,13). The van der Waals surface area contributed by atoms with E-state index >= 15 is 0 Å². The normalized spacial score (nSPS) is 9.67. The number of carboxylic acids is 1. The van der Waals surface area contributed by atoms with E-state index in [-0.39, 0.29) is 5.15 Å². The number of aliphatic carboxylic acids is 1. The quantitative estimate of drug-likeness (QED) is 0.633. The molecule has 80 valence electrons. The lowest BCUT2D eigenvalue weighted by Gasteiger charge is -2.00. The number of carboxylic acid groups (broad SMARTS) is 1. The molecule has 3 N–H and O–H groups in total. The van der Waals surface area contributed by atoms with Crippen molar-refractivity contribution in [3.63, 3.8) is 0 Å². The SMILES string of the molecule is O=C(O)CNC(=O)c1nc(Cl)c[nH]c1=O. The van der Waals surface area contributed by atoms with Crippen LogP contribution in [-0.2, 0) is 4.79 Å². The maximum atomic E-state index is 11.2. The second-order valence-corrected chi connectivity index (χ2v) is 2.86. The second kappa shape index (κ2) is 4.56. The third-order valence-corrected chi connectivity index (χ3v) is 1.56. The van der Waals surface area contributed by atoms with Crippen molar-refractivity contribution in [2.24, 2.45) is 0 Å². The number of nitrogens with one attached hydrogen (secondary N) is 2. The number of aromatic nitrogens is 2. The Morgan fingerprint density at radius 1 is 1.60 bits per heavy atom. The molecule has 0 spiro atoms. The number of H-pyrrole nitrogens is 1. The molecule has 1 amide bonds. The summed E-state index contributed by atoms with van der Waals surface area (Å²) in [5.74, 6) is -2.11. The van der Waals surface area contributed by atoms with Crippen LogP contribution in [0.3, 0.4) is 0 Å². The molecule has 1 aromatic heterocycles. The molecule has 15 heavy (non-hydrogen) atoms. The van der Waals surface area contributed by atoms with Gasteiger partial charge in [0.15, 0.2) is 5.69 Å². The predicted molar refractivity (Wildman–Crippen MR) is 49.8 cm³/mol. The maximum absolute atomic E-state index is 11.2. The molecule has 0 atom stereocenters. The lowest BCUT2D eigenvalue weighted by atomic mass is 10.4. The summed E-state index contributed by atoms with van der Waals surface area (Å²) in [7, 11) is 0. The van der Waals surface area contributed by atoms with Crippen molar-refractivity contribution in [2.75, 3.05) is 6.54 Å². The van der Waals surface area contributed by atoms with Crippen LogP contribution in [0, 0.1) is 0 Å². The van der Waals surface area contributed by atoms with E-state index in [0.717, 1.165) is 6.20 Å². The summed E-state index contributed by atoms with van der Waals surface area (Å²) < 4.78 is 0. The van der Waals surface area contributed by atoms with E-state index in [1.54, 1.807) is 0 Å². The molecule has 1 aromatic rings. The lowest BCUT2D eigenvalue weighted by molar-refractivity contribution is -0.135. The van der Waals surface area contributed by atoms with Crippen molar-refractivity contribution < 1.29 is 14.7 Å². The third-order valence-electron chi connectivity index (χ3n) is 1.37. The summed E-state index contributed by atoms with van der Waals surface area (Å²) in [6, 6.07) is 0. The molecule has 0 saturated carbocycles. The molecule has 0 aromatic carbocycles. The summed E-state index contributed by atoms with van der Waals surface area (Å²) >= 11 is 5.45. The van der Waals surface area contributed by atoms with Crippen LogP contribution in [0.15, 0.2) is 11.0 Å². The van der Waals surface area contributed by atoms with Gasteiger partial charge in [0.2, 0.25) is 0 Å². The fraction of sp³-hybridized carbons (Fsp3) is 0.143. The summed E-state index contributed by atoms with van der Waals surface area (Å²) in [4.78, 5) is 38.1. The maximum Gasteiger partial charge on any atom is 0.322 e. The Balaban J connectivity index is 2.86. The number of carbonyl (C=O) groups is 2. The smallest absolute Gasteiger partial charge is 0.322 e. The van der Waals surface area contributed by atoms with Crippen LogP contribution in [0.1, 0.15) is 10.5 Å². The Kier molecular flexibility index (Phi) is 3.40. The van der Waals surface area contributed by atoms with Crippen molar-refractivity contribution >= 4 is 23.5 Å². The summed E-state index contributed by atoms with van der Waals surface area (Å²) in [6.45, 7) is -0.591. The number of aromatic amines is 1. The van der Waals surface area contributed by atoms with E-state index < -0.39 is 29.7 Å². The number of carbonyl (C=O) groups excluding carboxylic acids is 1. The minimum atomic E-state index is -1.22. The van der Waals surface area contributed by atoms with Gasteiger partial charge in [0.1, 0.15) is 11.7 Å². The fourth-order valence-corrected chi connectivity index (χ4v) is 0.916. The van der Waals surface area contributed by atoms with E-state index in [1.165, 1.54) is 0 Å². The van der Waals surface area contributed by atoms with Gasteiger partial charge in [-0.1, -0.05) is 11.6 Å². The first-order chi connectivity index (χ1) is 7.00. The van der Waals surface area contributed by atoms with E-state index in [1.807, 2.05) is 5.32 Å². The topological polar surface area (TPSA) is 112 Å². The van der Waals surface area contributed by atoms with Crippen molar-refractivity contribution in [3.05, 3.63) is 27.4 Å². The van der Waals surface area contributed by atoms with Crippen molar-refractivity contribution in [2.45, 2.75) is 0 Å². The highest BCUT2D eigenvalue weighted by Gasteiger charge is 2.13. The number of halogens is 1. The molecule has 1 heterocycles. The van der Waals surface area contributed by atoms with Gasteiger partial charge in [-0.05, 0) is 0 Å². The monoisotopic (exact) mass is 231 g/mol. The average molecular weight is 232 g/mol. The van der Waals surface area contributed by atoms with Crippen LogP contribution in [-0.4, -0.2) is 33.5 Å². The minimum absolute atomic E-state index is 0.0601. The van der Waals surface area contributed by atoms with Crippen molar-refractivity contribution in [1.82, 2.24) is 15.3 Å². The van der Waals surface area contributed by atoms with E-state index in [2.05, 4.69) is 9.97 Å². The summed E-state index contributed by atoms with van der Waals surface area (Å²) in [5, 5.41) is 10.2. The van der Waals surface area contributed by atoms with E-state index in [9.17, 15) is 14.4 Å². The lowest BCUT2D eigenvalue weighted by Crippen LogP contribution is -2.34. The van der Waals surface area contributed by atoms with Gasteiger partial charge in [0.25, 0.3) is 11.5 Å². The molecule has 0 unspecified atom stereocenters. The Hall–Kier alpha value is -1.89. The number of nitrogens with zero attached hydrogens (tertiary/aromatic N) is 1. The Bertz CT molecular complexity index is 456. The Morgan fingerprint density at radius 3 is 2.87 bits per heavy atom. The van der Waals surface area contributed by atoms with E-state index in [4.69, 9.17) is 16.7 Å². The highest BCUT2D eigenvalue weighted by atomic mass is 35.5. The second-order valence-electron chi connectivity index (χ2n) is 2.48. The molecule has 0 aliphatic carbocycles. The fourth-order valence-electron chi connectivity index (χ4n) is 0.777. The van der Waals surface area contributed by atoms with Crippen LogP contribution >= 0.6 is 11.6 Å². The van der Waals surface area contributed by atoms with Gasteiger partial charge in [-0.25, -0.2) is 4.98 Å². The van der Waals surface area contributed by atoms with Gasteiger partial charge in [0, 0.05) is 6.20 Å². The molecule has 0 saturated heterocycles. The molecule has 8 heteroatoms. The molecule has 0 fully saturated rings. The zero-order chi connectivity index (χ0) is 11.4. The van der Waals surface area contributed by atoms with Gasteiger partial charge in [-0.2, -0.15) is 0 Å². The van der Waals surface area contributed by atoms with Crippen LogP contribution in [0.2, 0.25) is 5.15 Å². The summed E-state index contributed by atoms with van der Waals surface area (Å²) in [6.07, 6.45) is 1.12. The zero-order valence-electron chi connectivity index (χ0n) is 7.28. The molecular weight excluding hydrogens is 226 g/mol. The van der Waals surface area contributed by atoms with Crippen molar-refractivity contribution in [3.8, 4) is 0 Å². The van der Waals surface area contributed by atoms with Crippen LogP contribution in [0.5, 0.6) is 0 Å². The van der Waals surface area contributed by atoms with Gasteiger partial charge < -0.3 is 15.4 Å². The highest BCUT2D eigenvalue weighted by molar-refractivity contribution is 6.29. The van der Waals surface area contributed by atoms with Gasteiger partial charge >= 0.3 is 5.97 Å². The largest absolute Gasteiger partial charge is 0.480 e. The predicted octanol–water partition coefficient (Wildman–Crippen LogP) is -0.762. The van der Waals surface area contributed by atoms with Gasteiger partial charge in [-0.3, -0.25) is 14.4 Å². The van der Waals surface area contributed by atoms with Crippen molar-refractivity contribution in [1.29, 1.82) is 0 Å². The zero-order valence-corrected chi connectivity index (χ0v) is 8.04. The molecular formula is C7H6ClN3O4. The third kappa shape index (κ3) is 3.06. The van der Waals surface area contributed by atoms with Crippen LogP contribution in [0.4, 0.5) is 0 Å². The average Bonchev–Trinajstić information content (AvgIpc) is 2.18. The van der Waals surface area contributed by atoms with Crippen LogP contribution in [0.25, 0.3) is 0 Å². The highest BCUT2D eigenvalue weighted by Crippen LogP contribution is 1.98.